The molecule has 0 aromatic heterocycles. The molecular weight excluding hydrogens is 423 g/mol. The summed E-state index contributed by atoms with van der Waals surface area (Å²) < 4.78 is 0. The molecule has 1 aliphatic heterocycles. The Morgan fingerprint density at radius 3 is 2.70 bits per heavy atom. The van der Waals surface area contributed by atoms with E-state index in [4.69, 9.17) is 11.6 Å². The predicted octanol–water partition coefficient (Wildman–Crippen LogP) is 3.53. The second-order valence-corrected chi connectivity index (χ2v) is 6.58. The maximum atomic E-state index is 5.94. The highest BCUT2D eigenvalue weighted by atomic mass is 127. The minimum absolute atomic E-state index is 0. The van der Waals surface area contributed by atoms with Gasteiger partial charge in [0.05, 0.1) is 6.04 Å². The summed E-state index contributed by atoms with van der Waals surface area (Å²) in [6.07, 6.45) is 2.58. The first-order valence-corrected chi connectivity index (χ1v) is 8.37. The Hall–Kier alpha value is -0.530. The molecule has 1 fully saturated rings. The average molecular weight is 451 g/mol. The van der Waals surface area contributed by atoms with Gasteiger partial charge in [0.25, 0.3) is 0 Å². The van der Waals surface area contributed by atoms with Gasteiger partial charge < -0.3 is 15.5 Å². The number of likely N-dealkylation sites (tertiary alicyclic amines) is 1. The number of piperidine rings is 1. The number of aliphatic imine (C=N–C) groups is 1. The number of nitrogens with one attached hydrogen (secondary N) is 2. The van der Waals surface area contributed by atoms with Crippen LogP contribution in [0.4, 0.5) is 0 Å². The van der Waals surface area contributed by atoms with Crippen molar-refractivity contribution in [3.05, 3.63) is 34.9 Å². The Bertz CT molecular complexity index is 492. The average Bonchev–Trinajstić information content (AvgIpc) is 2.52. The highest BCUT2D eigenvalue weighted by Gasteiger charge is 2.17. The number of benzene rings is 1. The van der Waals surface area contributed by atoms with E-state index >= 15 is 0 Å². The third kappa shape index (κ3) is 6.85. The van der Waals surface area contributed by atoms with Crippen LogP contribution >= 0.6 is 35.6 Å². The van der Waals surface area contributed by atoms with E-state index in [1.54, 1.807) is 0 Å². The molecule has 2 unspecified atom stereocenters. The van der Waals surface area contributed by atoms with Crippen molar-refractivity contribution in [1.82, 2.24) is 15.5 Å². The molecule has 6 heteroatoms. The van der Waals surface area contributed by atoms with Crippen LogP contribution in [0.1, 0.15) is 31.4 Å². The van der Waals surface area contributed by atoms with E-state index < -0.39 is 0 Å². The zero-order valence-electron chi connectivity index (χ0n) is 14.2. The Labute approximate surface area is 162 Å². The van der Waals surface area contributed by atoms with Gasteiger partial charge in [-0.2, -0.15) is 0 Å². The summed E-state index contributed by atoms with van der Waals surface area (Å²) in [4.78, 5) is 6.73. The summed E-state index contributed by atoms with van der Waals surface area (Å²) in [6, 6.07) is 8.12. The Balaban J connectivity index is 0.00000264. The molecule has 0 spiro atoms. The second-order valence-electron chi connectivity index (χ2n) is 6.14. The van der Waals surface area contributed by atoms with Crippen LogP contribution in [-0.4, -0.2) is 44.6 Å². The molecule has 4 nitrogen and oxygen atoms in total. The molecular formula is C17H28ClIN4. The van der Waals surface area contributed by atoms with E-state index in [-0.39, 0.29) is 30.0 Å². The number of halogens is 2. The summed E-state index contributed by atoms with van der Waals surface area (Å²) in [5, 5.41) is 7.66. The van der Waals surface area contributed by atoms with Crippen LogP contribution in [-0.2, 0) is 0 Å². The third-order valence-corrected chi connectivity index (χ3v) is 4.48. The molecule has 1 aliphatic rings. The molecule has 1 aromatic rings. The molecule has 0 radical (unpaired) electrons. The lowest BCUT2D eigenvalue weighted by atomic mass is 9.98. The second kappa shape index (κ2) is 10.4. The van der Waals surface area contributed by atoms with Crippen molar-refractivity contribution in [1.29, 1.82) is 0 Å². The number of guanidine groups is 1. The van der Waals surface area contributed by atoms with Crippen molar-refractivity contribution in [2.75, 3.05) is 33.7 Å². The van der Waals surface area contributed by atoms with E-state index in [0.717, 1.165) is 24.1 Å². The van der Waals surface area contributed by atoms with Gasteiger partial charge in [-0.15, -0.1) is 24.0 Å². The van der Waals surface area contributed by atoms with Gasteiger partial charge in [-0.3, -0.25) is 4.99 Å². The molecule has 1 aromatic carbocycles. The Kier molecular flexibility index (Phi) is 9.24. The molecule has 0 saturated carbocycles. The molecule has 2 rings (SSSR count). The maximum absolute atomic E-state index is 5.94. The lowest BCUT2D eigenvalue weighted by molar-refractivity contribution is 0.210. The minimum Gasteiger partial charge on any atom is -0.356 e. The quantitative estimate of drug-likeness (QED) is 0.419. The van der Waals surface area contributed by atoms with Crippen LogP contribution in [0, 0.1) is 5.92 Å². The van der Waals surface area contributed by atoms with Crippen LogP contribution in [0.2, 0.25) is 5.02 Å². The Morgan fingerprint density at radius 2 is 2.09 bits per heavy atom. The van der Waals surface area contributed by atoms with Gasteiger partial charge in [0, 0.05) is 25.2 Å². The van der Waals surface area contributed by atoms with Crippen molar-refractivity contribution in [2.24, 2.45) is 10.9 Å². The first-order valence-electron chi connectivity index (χ1n) is 7.99. The lowest BCUT2D eigenvalue weighted by Gasteiger charge is -2.30. The Morgan fingerprint density at radius 1 is 1.39 bits per heavy atom. The van der Waals surface area contributed by atoms with Crippen LogP contribution in [0.25, 0.3) is 0 Å². The summed E-state index contributed by atoms with van der Waals surface area (Å²) in [6.45, 7) is 5.48. The van der Waals surface area contributed by atoms with E-state index in [9.17, 15) is 0 Å². The topological polar surface area (TPSA) is 39.7 Å². The molecule has 2 atom stereocenters. The highest BCUT2D eigenvalue weighted by molar-refractivity contribution is 14.0. The zero-order valence-corrected chi connectivity index (χ0v) is 17.3. The number of hydrogen-bond acceptors (Lipinski definition) is 2. The largest absolute Gasteiger partial charge is 0.356 e. The highest BCUT2D eigenvalue weighted by Crippen LogP contribution is 2.16. The lowest BCUT2D eigenvalue weighted by Crippen LogP contribution is -2.44. The van der Waals surface area contributed by atoms with Crippen molar-refractivity contribution in [3.8, 4) is 0 Å². The fourth-order valence-electron chi connectivity index (χ4n) is 2.92. The molecule has 1 saturated heterocycles. The maximum Gasteiger partial charge on any atom is 0.191 e. The van der Waals surface area contributed by atoms with Crippen LogP contribution < -0.4 is 10.6 Å². The van der Waals surface area contributed by atoms with Gasteiger partial charge in [0.2, 0.25) is 0 Å². The van der Waals surface area contributed by atoms with Crippen molar-refractivity contribution >= 4 is 41.5 Å². The van der Waals surface area contributed by atoms with Gasteiger partial charge in [0.15, 0.2) is 5.96 Å². The molecule has 1 heterocycles. The van der Waals surface area contributed by atoms with E-state index in [1.165, 1.54) is 24.9 Å². The molecule has 0 bridgehead atoms. The van der Waals surface area contributed by atoms with Gasteiger partial charge in [-0.05, 0) is 57.0 Å². The normalized spacial score (nSPS) is 20.5. The monoisotopic (exact) mass is 450 g/mol. The fourth-order valence-corrected chi connectivity index (χ4v) is 3.04. The van der Waals surface area contributed by atoms with Crippen molar-refractivity contribution < 1.29 is 0 Å². The van der Waals surface area contributed by atoms with Gasteiger partial charge in [0.1, 0.15) is 0 Å². The van der Waals surface area contributed by atoms with E-state index in [0.29, 0.717) is 5.92 Å². The number of hydrogen-bond donors (Lipinski definition) is 2. The van der Waals surface area contributed by atoms with Crippen LogP contribution in [0.5, 0.6) is 0 Å². The standard InChI is InChI=1S/C17H27ClN4.HI/c1-13(15-6-8-16(18)9-7-15)21-17(19-2)20-11-14-5-4-10-22(3)12-14;/h6-9,13-14H,4-5,10-12H2,1-3H3,(H2,19,20,21);1H. The minimum atomic E-state index is 0. The van der Waals surface area contributed by atoms with E-state index in [2.05, 4.69) is 34.5 Å². The zero-order chi connectivity index (χ0) is 15.9. The third-order valence-electron chi connectivity index (χ3n) is 4.23. The molecule has 23 heavy (non-hydrogen) atoms. The van der Waals surface area contributed by atoms with Gasteiger partial charge in [-0.25, -0.2) is 0 Å². The van der Waals surface area contributed by atoms with Gasteiger partial charge in [-0.1, -0.05) is 23.7 Å². The molecule has 130 valence electrons. The first-order chi connectivity index (χ1) is 10.6. The van der Waals surface area contributed by atoms with Crippen molar-refractivity contribution in [2.45, 2.75) is 25.8 Å². The van der Waals surface area contributed by atoms with Crippen LogP contribution in [0.3, 0.4) is 0 Å². The summed E-state index contributed by atoms with van der Waals surface area (Å²) in [7, 11) is 4.01. The number of nitrogens with zero attached hydrogens (tertiary/aromatic N) is 2. The molecule has 0 aliphatic carbocycles. The fraction of sp³-hybridized carbons (Fsp3) is 0.588. The summed E-state index contributed by atoms with van der Waals surface area (Å²) in [5.74, 6) is 1.55. The first kappa shape index (κ1) is 20.5. The number of rotatable bonds is 4. The summed E-state index contributed by atoms with van der Waals surface area (Å²) >= 11 is 5.94. The SMILES string of the molecule is CN=C(NCC1CCCN(C)C1)NC(C)c1ccc(Cl)cc1.I. The van der Waals surface area contributed by atoms with Crippen molar-refractivity contribution in [3.63, 3.8) is 0 Å². The smallest absolute Gasteiger partial charge is 0.191 e. The van der Waals surface area contributed by atoms with E-state index in [1.807, 2.05) is 31.3 Å². The van der Waals surface area contributed by atoms with Gasteiger partial charge >= 0.3 is 0 Å². The summed E-state index contributed by atoms with van der Waals surface area (Å²) in [5.41, 5.74) is 1.20. The van der Waals surface area contributed by atoms with Crippen LogP contribution in [0.15, 0.2) is 29.3 Å². The predicted molar refractivity (Wildman–Crippen MR) is 110 cm³/mol. The molecule has 0 amide bonds. The molecule has 2 N–H and O–H groups in total.